The van der Waals surface area contributed by atoms with Gasteiger partial charge in [0.2, 0.25) is 0 Å². The Morgan fingerprint density at radius 3 is 2.10 bits per heavy atom. The van der Waals surface area contributed by atoms with Gasteiger partial charge in [-0.05, 0) is 66.4 Å². The summed E-state index contributed by atoms with van der Waals surface area (Å²) in [6.45, 7) is 3.79. The minimum absolute atomic E-state index is 0.147. The molecule has 0 aliphatic carbocycles. The topological polar surface area (TPSA) is 79.5 Å². The third kappa shape index (κ3) is 8.03. The van der Waals surface area contributed by atoms with Crippen molar-refractivity contribution < 1.29 is 14.3 Å². The van der Waals surface area contributed by atoms with Crippen molar-refractivity contribution in [1.29, 1.82) is 0 Å². The van der Waals surface area contributed by atoms with E-state index >= 15 is 0 Å². The molecule has 0 saturated heterocycles. The van der Waals surface area contributed by atoms with E-state index in [1.165, 1.54) is 0 Å². The molecule has 0 heterocycles. The zero-order valence-corrected chi connectivity index (χ0v) is 22.2. The minimum atomic E-state index is -0.479. The molecule has 1 atom stereocenters. The summed E-state index contributed by atoms with van der Waals surface area (Å²) in [5.74, 6) is -0.397. The number of ether oxygens (including phenoxy) is 1. The molecule has 0 spiro atoms. The van der Waals surface area contributed by atoms with Crippen LogP contribution in [0.4, 0.5) is 11.4 Å². The lowest BCUT2D eigenvalue weighted by atomic mass is 9.99. The van der Waals surface area contributed by atoms with Crippen molar-refractivity contribution >= 4 is 23.3 Å². The summed E-state index contributed by atoms with van der Waals surface area (Å²) in [7, 11) is 0. The van der Waals surface area contributed by atoms with Gasteiger partial charge in [-0.3, -0.25) is 4.79 Å². The van der Waals surface area contributed by atoms with Gasteiger partial charge in [-0.1, -0.05) is 85.8 Å². The maximum atomic E-state index is 13.0. The Hall–Kier alpha value is -4.42. The lowest BCUT2D eigenvalue weighted by molar-refractivity contribution is -0.146. The smallest absolute Gasteiger partial charge is 0.327 e. The SMILES string of the molecule is CCCOC(=O)C(NCCCNc1ccc(NC(=O)c2ccccc2-c2ccccc2)cc1)c1ccccc1. The van der Waals surface area contributed by atoms with Gasteiger partial charge in [0.25, 0.3) is 5.91 Å². The highest BCUT2D eigenvalue weighted by Crippen LogP contribution is 2.24. The number of hydrogen-bond acceptors (Lipinski definition) is 5. The van der Waals surface area contributed by atoms with Gasteiger partial charge in [0.15, 0.2) is 0 Å². The summed E-state index contributed by atoms with van der Waals surface area (Å²) in [6.07, 6.45) is 1.61. The summed E-state index contributed by atoms with van der Waals surface area (Å²) < 4.78 is 5.38. The van der Waals surface area contributed by atoms with Crippen LogP contribution in [-0.4, -0.2) is 31.6 Å². The van der Waals surface area contributed by atoms with Crippen LogP contribution in [0.3, 0.4) is 0 Å². The lowest BCUT2D eigenvalue weighted by Gasteiger charge is -2.18. The van der Waals surface area contributed by atoms with Gasteiger partial charge in [0, 0.05) is 23.5 Å². The van der Waals surface area contributed by atoms with Crippen LogP contribution in [-0.2, 0) is 9.53 Å². The molecule has 200 valence electrons. The molecule has 0 saturated carbocycles. The normalized spacial score (nSPS) is 11.4. The molecular formula is C33H35N3O3. The molecule has 4 aromatic rings. The van der Waals surface area contributed by atoms with Crippen molar-refractivity contribution in [2.24, 2.45) is 0 Å². The Bertz CT molecular complexity index is 1330. The first kappa shape index (κ1) is 27.6. The monoisotopic (exact) mass is 521 g/mol. The summed E-state index contributed by atoms with van der Waals surface area (Å²) in [4.78, 5) is 25.6. The molecule has 0 aromatic heterocycles. The quantitative estimate of drug-likeness (QED) is 0.135. The largest absolute Gasteiger partial charge is 0.464 e. The molecule has 0 aliphatic rings. The molecule has 1 unspecified atom stereocenters. The Labute approximate surface area is 230 Å². The average molecular weight is 522 g/mol. The van der Waals surface area contributed by atoms with E-state index in [0.717, 1.165) is 47.5 Å². The third-order valence-electron chi connectivity index (χ3n) is 6.25. The fourth-order valence-corrected chi connectivity index (χ4v) is 4.26. The van der Waals surface area contributed by atoms with Gasteiger partial charge >= 0.3 is 5.97 Å². The van der Waals surface area contributed by atoms with Crippen LogP contribution in [0.1, 0.15) is 41.7 Å². The lowest BCUT2D eigenvalue weighted by Crippen LogP contribution is -2.31. The summed E-state index contributed by atoms with van der Waals surface area (Å²) >= 11 is 0. The standard InChI is InChI=1S/C33H35N3O3/c1-2-24-39-33(38)31(26-14-7-4-8-15-26)35-23-11-22-34-27-18-20-28(21-19-27)36-32(37)30-17-10-9-16-29(30)25-12-5-3-6-13-25/h3-10,12-21,31,34-35H,2,11,22-24H2,1H3,(H,36,37). The molecule has 1 amide bonds. The van der Waals surface area contributed by atoms with Crippen molar-refractivity contribution in [1.82, 2.24) is 5.32 Å². The van der Waals surface area contributed by atoms with Gasteiger partial charge in [0.1, 0.15) is 6.04 Å². The molecule has 0 bridgehead atoms. The number of rotatable bonds is 13. The highest BCUT2D eigenvalue weighted by atomic mass is 16.5. The summed E-state index contributed by atoms with van der Waals surface area (Å²) in [5, 5.41) is 9.73. The highest BCUT2D eigenvalue weighted by Gasteiger charge is 2.21. The second-order valence-electron chi connectivity index (χ2n) is 9.19. The van der Waals surface area contributed by atoms with Gasteiger partial charge in [-0.25, -0.2) is 4.79 Å². The number of carbonyl (C=O) groups is 2. The fraction of sp³-hybridized carbons (Fsp3) is 0.212. The molecule has 0 aliphatic heterocycles. The zero-order valence-electron chi connectivity index (χ0n) is 22.2. The second-order valence-corrected chi connectivity index (χ2v) is 9.19. The Balaban J connectivity index is 1.26. The van der Waals surface area contributed by atoms with Crippen molar-refractivity contribution in [2.45, 2.75) is 25.8 Å². The van der Waals surface area contributed by atoms with Crippen molar-refractivity contribution in [3.8, 4) is 11.1 Å². The van der Waals surface area contributed by atoms with E-state index in [1.807, 2.05) is 116 Å². The van der Waals surface area contributed by atoms with Crippen LogP contribution in [0.5, 0.6) is 0 Å². The van der Waals surface area contributed by atoms with Crippen LogP contribution < -0.4 is 16.0 Å². The van der Waals surface area contributed by atoms with E-state index in [0.29, 0.717) is 18.7 Å². The molecule has 3 N–H and O–H groups in total. The van der Waals surface area contributed by atoms with Gasteiger partial charge in [0.05, 0.1) is 6.61 Å². The van der Waals surface area contributed by atoms with E-state index in [4.69, 9.17) is 4.74 Å². The maximum absolute atomic E-state index is 13.0. The molecule has 6 nitrogen and oxygen atoms in total. The summed E-state index contributed by atoms with van der Waals surface area (Å²) in [5.41, 5.74) is 5.12. The van der Waals surface area contributed by atoms with Crippen LogP contribution in [0.2, 0.25) is 0 Å². The van der Waals surface area contributed by atoms with Gasteiger partial charge < -0.3 is 20.7 Å². The number of nitrogens with one attached hydrogen (secondary N) is 3. The van der Waals surface area contributed by atoms with Crippen molar-refractivity contribution in [3.63, 3.8) is 0 Å². The predicted octanol–water partition coefficient (Wildman–Crippen LogP) is 6.69. The number of amides is 1. The Kier molecular flexibility index (Phi) is 10.3. The first-order valence-corrected chi connectivity index (χ1v) is 13.4. The third-order valence-corrected chi connectivity index (χ3v) is 6.25. The molecule has 4 rings (SSSR count). The van der Waals surface area contributed by atoms with Crippen LogP contribution in [0.25, 0.3) is 11.1 Å². The van der Waals surface area contributed by atoms with Crippen LogP contribution in [0, 0.1) is 0 Å². The number of benzene rings is 4. The predicted molar refractivity (Wildman–Crippen MR) is 158 cm³/mol. The van der Waals surface area contributed by atoms with Crippen LogP contribution in [0.15, 0.2) is 109 Å². The maximum Gasteiger partial charge on any atom is 0.327 e. The van der Waals surface area contributed by atoms with E-state index < -0.39 is 6.04 Å². The molecule has 0 radical (unpaired) electrons. The van der Waals surface area contributed by atoms with E-state index in [9.17, 15) is 9.59 Å². The first-order valence-electron chi connectivity index (χ1n) is 13.4. The number of hydrogen-bond donors (Lipinski definition) is 3. The fourth-order valence-electron chi connectivity index (χ4n) is 4.26. The molecule has 39 heavy (non-hydrogen) atoms. The minimum Gasteiger partial charge on any atom is -0.464 e. The van der Waals surface area contributed by atoms with Crippen molar-refractivity contribution in [3.05, 3.63) is 120 Å². The highest BCUT2D eigenvalue weighted by molar-refractivity contribution is 6.08. The molecule has 4 aromatic carbocycles. The van der Waals surface area contributed by atoms with E-state index in [2.05, 4.69) is 16.0 Å². The van der Waals surface area contributed by atoms with Gasteiger partial charge in [-0.2, -0.15) is 0 Å². The van der Waals surface area contributed by atoms with Gasteiger partial charge in [-0.15, -0.1) is 0 Å². The first-order chi connectivity index (χ1) is 19.2. The zero-order chi connectivity index (χ0) is 27.3. The molecule has 0 fully saturated rings. The van der Waals surface area contributed by atoms with Crippen LogP contribution >= 0.6 is 0 Å². The Morgan fingerprint density at radius 2 is 1.38 bits per heavy atom. The number of esters is 1. The number of carbonyl (C=O) groups excluding carboxylic acids is 2. The average Bonchev–Trinajstić information content (AvgIpc) is 2.99. The molecular weight excluding hydrogens is 486 g/mol. The number of anilines is 2. The Morgan fingerprint density at radius 1 is 0.744 bits per heavy atom. The second kappa shape index (κ2) is 14.5. The van der Waals surface area contributed by atoms with Crippen molar-refractivity contribution in [2.75, 3.05) is 30.3 Å². The van der Waals surface area contributed by atoms with E-state index in [-0.39, 0.29) is 11.9 Å². The van der Waals surface area contributed by atoms with E-state index in [1.54, 1.807) is 0 Å². The molecule has 6 heteroatoms. The summed E-state index contributed by atoms with van der Waals surface area (Å²) in [6, 6.07) is 34.4.